The summed E-state index contributed by atoms with van der Waals surface area (Å²) in [6, 6.07) is 2.04. The molecule has 21 heavy (non-hydrogen) atoms. The molecule has 2 N–H and O–H groups in total. The number of alkyl carbamates (subject to hydrolysis) is 1. The number of benzene rings is 1. The number of rotatable bonds is 2. The van der Waals surface area contributed by atoms with Gasteiger partial charge in [-0.15, -0.1) is 0 Å². The van der Waals surface area contributed by atoms with Crippen LogP contribution in [-0.4, -0.2) is 30.2 Å². The summed E-state index contributed by atoms with van der Waals surface area (Å²) in [6.07, 6.45) is 0.267. The van der Waals surface area contributed by atoms with Gasteiger partial charge >= 0.3 is 6.09 Å². The van der Waals surface area contributed by atoms with Crippen LogP contribution in [0.15, 0.2) is 12.1 Å². The molecule has 2 fully saturated rings. The summed E-state index contributed by atoms with van der Waals surface area (Å²) in [6.45, 7) is 0. The Morgan fingerprint density at radius 1 is 1.38 bits per heavy atom. The van der Waals surface area contributed by atoms with Crippen LogP contribution in [0.2, 0.25) is 10.0 Å². The summed E-state index contributed by atoms with van der Waals surface area (Å²) in [5.41, 5.74) is -0.228. The molecule has 0 radical (unpaired) electrons. The first-order valence-corrected chi connectivity index (χ1v) is 7.12. The maximum absolute atomic E-state index is 13.9. The molecule has 2 bridgehead atoms. The smallest absolute Gasteiger partial charge is 0.407 e. The van der Waals surface area contributed by atoms with Gasteiger partial charge in [0.25, 0.3) is 5.91 Å². The molecule has 0 spiro atoms. The number of fused-ring (bicyclic) bond motifs is 2. The first-order valence-electron chi connectivity index (χ1n) is 6.36. The van der Waals surface area contributed by atoms with Crippen molar-refractivity contribution in [1.29, 1.82) is 0 Å². The second-order valence-corrected chi connectivity index (χ2v) is 5.93. The van der Waals surface area contributed by atoms with Gasteiger partial charge in [0.15, 0.2) is 5.82 Å². The van der Waals surface area contributed by atoms with Crippen molar-refractivity contribution in [3.63, 3.8) is 0 Å². The topological polar surface area (TPSA) is 67.4 Å². The van der Waals surface area contributed by atoms with Crippen molar-refractivity contribution >= 4 is 35.2 Å². The molecular weight excluding hydrogens is 322 g/mol. The largest absolute Gasteiger partial charge is 0.444 e. The molecular formula is C13H11Cl2FN2O3. The number of nitrogens with one attached hydrogen (secondary N) is 2. The summed E-state index contributed by atoms with van der Waals surface area (Å²) in [5, 5.41) is 5.27. The van der Waals surface area contributed by atoms with Crippen LogP contribution < -0.4 is 10.6 Å². The summed E-state index contributed by atoms with van der Waals surface area (Å²) in [7, 11) is 0. The molecule has 1 aliphatic heterocycles. The van der Waals surface area contributed by atoms with E-state index < -0.39 is 23.9 Å². The fraction of sp³-hybridized carbons (Fsp3) is 0.385. The molecule has 2 aliphatic rings. The lowest BCUT2D eigenvalue weighted by atomic mass is 10.1. The van der Waals surface area contributed by atoms with Gasteiger partial charge in [0.05, 0.1) is 16.6 Å². The van der Waals surface area contributed by atoms with Crippen LogP contribution in [0.4, 0.5) is 9.18 Å². The van der Waals surface area contributed by atoms with Crippen molar-refractivity contribution in [2.24, 2.45) is 0 Å². The van der Waals surface area contributed by atoms with Gasteiger partial charge in [0.1, 0.15) is 6.10 Å². The SMILES string of the molecule is O=C1N[C@@H]2C[C@@H](NC(=O)c3cc(Cl)cc(Cl)c3F)[C@@H](C2)O1. The van der Waals surface area contributed by atoms with Gasteiger partial charge in [-0.2, -0.15) is 0 Å². The van der Waals surface area contributed by atoms with E-state index in [0.717, 1.165) is 0 Å². The molecule has 3 rings (SSSR count). The van der Waals surface area contributed by atoms with E-state index in [1.807, 2.05) is 0 Å². The Hall–Kier alpha value is -1.53. The number of hydrogen-bond acceptors (Lipinski definition) is 3. The molecule has 2 amide bonds. The fourth-order valence-corrected chi connectivity index (χ4v) is 3.20. The predicted molar refractivity (Wildman–Crippen MR) is 74.1 cm³/mol. The number of carbonyl (C=O) groups is 2. The van der Waals surface area contributed by atoms with E-state index in [9.17, 15) is 14.0 Å². The number of ether oxygens (including phenoxy) is 1. The summed E-state index contributed by atoms with van der Waals surface area (Å²) in [4.78, 5) is 23.4. The molecule has 1 aliphatic carbocycles. The van der Waals surface area contributed by atoms with E-state index in [0.29, 0.717) is 12.8 Å². The van der Waals surface area contributed by atoms with Gasteiger partial charge in [-0.1, -0.05) is 23.2 Å². The molecule has 3 atom stereocenters. The molecule has 1 heterocycles. The quantitative estimate of drug-likeness (QED) is 0.817. The molecule has 0 aromatic heterocycles. The molecule has 1 saturated carbocycles. The second-order valence-electron chi connectivity index (χ2n) is 5.09. The highest BCUT2D eigenvalue weighted by atomic mass is 35.5. The normalized spacial score (nSPS) is 27.0. The first kappa shape index (κ1) is 14.4. The van der Waals surface area contributed by atoms with E-state index in [2.05, 4.69) is 10.6 Å². The van der Waals surface area contributed by atoms with Gasteiger partial charge in [-0.25, -0.2) is 9.18 Å². The number of hydrogen-bond donors (Lipinski definition) is 2. The Morgan fingerprint density at radius 3 is 2.90 bits per heavy atom. The molecule has 1 aromatic carbocycles. The third kappa shape index (κ3) is 2.78. The van der Waals surface area contributed by atoms with Crippen molar-refractivity contribution in [2.45, 2.75) is 31.0 Å². The zero-order valence-corrected chi connectivity index (χ0v) is 12.2. The highest BCUT2D eigenvalue weighted by molar-refractivity contribution is 6.35. The Balaban J connectivity index is 1.77. The van der Waals surface area contributed by atoms with Crippen LogP contribution in [0.1, 0.15) is 23.2 Å². The molecule has 1 saturated heterocycles. The Kier molecular flexibility index (Phi) is 3.67. The summed E-state index contributed by atoms with van der Waals surface area (Å²) < 4.78 is 19.0. The van der Waals surface area contributed by atoms with Crippen LogP contribution in [0.3, 0.4) is 0 Å². The lowest BCUT2D eigenvalue weighted by Gasteiger charge is -2.23. The minimum absolute atomic E-state index is 0.0330. The van der Waals surface area contributed by atoms with E-state index in [1.165, 1.54) is 12.1 Å². The monoisotopic (exact) mass is 332 g/mol. The summed E-state index contributed by atoms with van der Waals surface area (Å²) >= 11 is 11.4. The molecule has 8 heteroatoms. The van der Waals surface area contributed by atoms with E-state index in [4.69, 9.17) is 27.9 Å². The molecule has 5 nitrogen and oxygen atoms in total. The summed E-state index contributed by atoms with van der Waals surface area (Å²) in [5.74, 6) is -1.46. The van der Waals surface area contributed by atoms with Crippen molar-refractivity contribution in [3.05, 3.63) is 33.6 Å². The van der Waals surface area contributed by atoms with Crippen LogP contribution in [-0.2, 0) is 4.74 Å². The minimum atomic E-state index is -0.824. The van der Waals surface area contributed by atoms with Crippen LogP contribution in [0.5, 0.6) is 0 Å². The Bertz CT molecular complexity index is 626. The van der Waals surface area contributed by atoms with E-state index >= 15 is 0 Å². The highest BCUT2D eigenvalue weighted by Gasteiger charge is 2.42. The first-order chi connectivity index (χ1) is 9.94. The van der Waals surface area contributed by atoms with Gasteiger partial charge in [0.2, 0.25) is 0 Å². The fourth-order valence-electron chi connectivity index (χ4n) is 2.70. The van der Waals surface area contributed by atoms with E-state index in [-0.39, 0.29) is 27.7 Å². The molecule has 112 valence electrons. The maximum Gasteiger partial charge on any atom is 0.407 e. The Labute approximate surface area is 129 Å². The van der Waals surface area contributed by atoms with Crippen LogP contribution >= 0.6 is 23.2 Å². The zero-order valence-electron chi connectivity index (χ0n) is 10.7. The van der Waals surface area contributed by atoms with Gasteiger partial charge < -0.3 is 15.4 Å². The van der Waals surface area contributed by atoms with Crippen LogP contribution in [0.25, 0.3) is 0 Å². The predicted octanol–water partition coefficient (Wildman–Crippen LogP) is 2.50. The van der Waals surface area contributed by atoms with Crippen molar-refractivity contribution in [1.82, 2.24) is 10.6 Å². The second kappa shape index (κ2) is 5.35. The van der Waals surface area contributed by atoms with Gasteiger partial charge in [-0.05, 0) is 18.6 Å². The Morgan fingerprint density at radius 2 is 2.14 bits per heavy atom. The minimum Gasteiger partial charge on any atom is -0.444 e. The lowest BCUT2D eigenvalue weighted by Crippen LogP contribution is -2.44. The van der Waals surface area contributed by atoms with Crippen molar-refractivity contribution < 1.29 is 18.7 Å². The zero-order chi connectivity index (χ0) is 15.1. The van der Waals surface area contributed by atoms with Crippen molar-refractivity contribution in [2.75, 3.05) is 0 Å². The number of amides is 2. The number of halogens is 3. The number of carbonyl (C=O) groups excluding carboxylic acids is 2. The lowest BCUT2D eigenvalue weighted by molar-refractivity contribution is 0.0658. The average molecular weight is 333 g/mol. The third-order valence-corrected chi connectivity index (χ3v) is 4.13. The maximum atomic E-state index is 13.9. The van der Waals surface area contributed by atoms with E-state index in [1.54, 1.807) is 0 Å². The van der Waals surface area contributed by atoms with Gasteiger partial charge in [-0.3, -0.25) is 4.79 Å². The third-order valence-electron chi connectivity index (χ3n) is 3.64. The molecule has 0 unspecified atom stereocenters. The average Bonchev–Trinajstić information content (AvgIpc) is 2.68. The van der Waals surface area contributed by atoms with Crippen molar-refractivity contribution in [3.8, 4) is 0 Å². The standard InChI is InChI=1S/C13H11Cl2FN2O3/c14-5-1-7(11(16)8(15)2-5)12(19)18-9-3-6-4-10(9)21-13(20)17-6/h1-2,6,9-10H,3-4H2,(H,17,20)(H,18,19)/t6-,9-,10-/m1/s1. The molecule has 1 aromatic rings. The highest BCUT2D eigenvalue weighted by Crippen LogP contribution is 2.28. The van der Waals surface area contributed by atoms with Crippen LogP contribution in [0, 0.1) is 5.82 Å². The van der Waals surface area contributed by atoms with Gasteiger partial charge in [0, 0.05) is 17.5 Å².